The van der Waals surface area contributed by atoms with Crippen LogP contribution in [-0.2, 0) is 0 Å². The van der Waals surface area contributed by atoms with Gasteiger partial charge in [-0.15, -0.1) is 0 Å². The first-order chi connectivity index (χ1) is 9.15. The lowest BCUT2D eigenvalue weighted by Gasteiger charge is -2.18. The molecule has 0 aromatic heterocycles. The van der Waals surface area contributed by atoms with E-state index >= 15 is 0 Å². The summed E-state index contributed by atoms with van der Waals surface area (Å²) in [5.74, 6) is 1.48. The van der Waals surface area contributed by atoms with E-state index in [2.05, 4.69) is 0 Å². The average molecular weight is 264 g/mol. The van der Waals surface area contributed by atoms with Crippen LogP contribution in [0.2, 0.25) is 0 Å². The molecule has 5 heteroatoms. The molecule has 0 saturated heterocycles. The highest BCUT2D eigenvalue weighted by Crippen LogP contribution is 2.17. The van der Waals surface area contributed by atoms with Gasteiger partial charge in [0.2, 0.25) is 0 Å². The van der Waals surface area contributed by atoms with Crippen LogP contribution in [0.25, 0.3) is 0 Å². The Kier molecular flexibility index (Phi) is 6.72. The van der Waals surface area contributed by atoms with Crippen LogP contribution in [-0.4, -0.2) is 49.5 Å². The third-order valence-electron chi connectivity index (χ3n) is 2.44. The van der Waals surface area contributed by atoms with Gasteiger partial charge in [-0.1, -0.05) is 0 Å². The number of ether oxygens (including phenoxy) is 2. The minimum atomic E-state index is -0.620. The Morgan fingerprint density at radius 2 is 1.84 bits per heavy atom. The molecule has 0 aliphatic carbocycles. The lowest BCUT2D eigenvalue weighted by Crippen LogP contribution is -2.33. The van der Waals surface area contributed by atoms with E-state index in [0.717, 1.165) is 5.75 Å². The summed E-state index contributed by atoms with van der Waals surface area (Å²) in [6, 6.07) is 9.28. The summed E-state index contributed by atoms with van der Waals surface area (Å²) in [6.45, 7) is 3.46. The number of aliphatic hydroxyl groups is 1. The molecule has 1 aromatic rings. The highest BCUT2D eigenvalue weighted by atomic mass is 16.5. The van der Waals surface area contributed by atoms with E-state index in [9.17, 15) is 5.11 Å². The predicted octanol–water partition coefficient (Wildman–Crippen LogP) is 1.28. The van der Waals surface area contributed by atoms with Gasteiger partial charge in [-0.05, 0) is 38.2 Å². The molecule has 1 unspecified atom stereocenters. The Morgan fingerprint density at radius 1 is 1.26 bits per heavy atom. The standard InChI is InChI=1S/C14H20N2O3/c1-3-18-13-4-6-14(7-5-13)19-11-12(17)10-16(2)9-8-15/h4-7,12,17H,3,9-11H2,1-2H3. The minimum absolute atomic E-state index is 0.198. The minimum Gasteiger partial charge on any atom is -0.494 e. The number of hydrogen-bond donors (Lipinski definition) is 1. The fourth-order valence-electron chi connectivity index (χ4n) is 1.59. The van der Waals surface area contributed by atoms with Gasteiger partial charge in [-0.25, -0.2) is 0 Å². The van der Waals surface area contributed by atoms with Crippen molar-refractivity contribution in [1.29, 1.82) is 5.26 Å². The van der Waals surface area contributed by atoms with Crippen molar-refractivity contribution in [3.8, 4) is 17.6 Å². The molecule has 1 N–H and O–H groups in total. The Labute approximate surface area is 114 Å². The monoisotopic (exact) mass is 264 g/mol. The lowest BCUT2D eigenvalue weighted by atomic mass is 10.3. The summed E-state index contributed by atoms with van der Waals surface area (Å²) < 4.78 is 10.8. The van der Waals surface area contributed by atoms with E-state index in [-0.39, 0.29) is 6.61 Å². The molecule has 1 atom stereocenters. The summed E-state index contributed by atoms with van der Waals surface area (Å²) in [7, 11) is 1.78. The zero-order valence-electron chi connectivity index (χ0n) is 11.4. The first kappa shape index (κ1) is 15.3. The van der Waals surface area contributed by atoms with E-state index in [1.165, 1.54) is 0 Å². The Balaban J connectivity index is 2.33. The first-order valence-electron chi connectivity index (χ1n) is 6.25. The predicted molar refractivity (Wildman–Crippen MR) is 72.2 cm³/mol. The smallest absolute Gasteiger partial charge is 0.119 e. The van der Waals surface area contributed by atoms with Crippen LogP contribution in [0.1, 0.15) is 6.92 Å². The van der Waals surface area contributed by atoms with Gasteiger partial charge in [-0.2, -0.15) is 5.26 Å². The molecule has 104 valence electrons. The van der Waals surface area contributed by atoms with Crippen LogP contribution in [0.5, 0.6) is 11.5 Å². The molecular weight excluding hydrogens is 244 g/mol. The van der Waals surface area contributed by atoms with Crippen molar-refractivity contribution >= 4 is 0 Å². The van der Waals surface area contributed by atoms with E-state index in [0.29, 0.717) is 25.4 Å². The number of hydrogen-bond acceptors (Lipinski definition) is 5. The van der Waals surface area contributed by atoms with Crippen LogP contribution in [0.15, 0.2) is 24.3 Å². The van der Waals surface area contributed by atoms with Crippen LogP contribution in [0.3, 0.4) is 0 Å². The maximum absolute atomic E-state index is 9.75. The van der Waals surface area contributed by atoms with E-state index in [1.807, 2.05) is 25.1 Å². The summed E-state index contributed by atoms with van der Waals surface area (Å²) in [5, 5.41) is 18.3. The topological polar surface area (TPSA) is 65.7 Å². The molecule has 0 radical (unpaired) electrons. The SMILES string of the molecule is CCOc1ccc(OCC(O)CN(C)CC#N)cc1. The van der Waals surface area contributed by atoms with E-state index in [4.69, 9.17) is 14.7 Å². The Bertz CT molecular complexity index is 400. The zero-order valence-corrected chi connectivity index (χ0v) is 11.4. The van der Waals surface area contributed by atoms with Gasteiger partial charge in [0, 0.05) is 6.54 Å². The number of nitriles is 1. The molecule has 0 aliphatic rings. The second-order valence-corrected chi connectivity index (χ2v) is 4.22. The highest BCUT2D eigenvalue weighted by molar-refractivity contribution is 5.31. The molecule has 1 aromatic carbocycles. The molecule has 0 amide bonds. The van der Waals surface area contributed by atoms with Crippen LogP contribution in [0, 0.1) is 11.3 Å². The molecule has 0 spiro atoms. The van der Waals surface area contributed by atoms with Gasteiger partial charge in [0.25, 0.3) is 0 Å². The number of likely N-dealkylation sites (N-methyl/N-ethyl adjacent to an activating group) is 1. The summed E-state index contributed by atoms with van der Waals surface area (Å²) in [4.78, 5) is 1.74. The maximum Gasteiger partial charge on any atom is 0.119 e. The lowest BCUT2D eigenvalue weighted by molar-refractivity contribution is 0.0799. The normalized spacial score (nSPS) is 11.9. The zero-order chi connectivity index (χ0) is 14.1. The fourth-order valence-corrected chi connectivity index (χ4v) is 1.59. The third-order valence-corrected chi connectivity index (χ3v) is 2.44. The Hall–Kier alpha value is -1.77. The Morgan fingerprint density at radius 3 is 2.37 bits per heavy atom. The third kappa shape index (κ3) is 6.09. The van der Waals surface area contributed by atoms with Crippen LogP contribution >= 0.6 is 0 Å². The van der Waals surface area contributed by atoms with Crippen molar-refractivity contribution in [2.45, 2.75) is 13.0 Å². The number of nitrogens with zero attached hydrogens (tertiary/aromatic N) is 2. The molecule has 1 rings (SSSR count). The first-order valence-corrected chi connectivity index (χ1v) is 6.25. The van der Waals surface area contributed by atoms with Crippen molar-refractivity contribution in [3.05, 3.63) is 24.3 Å². The van der Waals surface area contributed by atoms with Crippen molar-refractivity contribution in [2.75, 3.05) is 33.4 Å². The van der Waals surface area contributed by atoms with Gasteiger partial charge >= 0.3 is 0 Å². The molecular formula is C14H20N2O3. The second-order valence-electron chi connectivity index (χ2n) is 4.22. The second kappa shape index (κ2) is 8.35. The number of rotatable bonds is 8. The average Bonchev–Trinajstić information content (AvgIpc) is 2.38. The highest BCUT2D eigenvalue weighted by Gasteiger charge is 2.08. The molecule has 0 saturated carbocycles. The molecule has 0 aliphatic heterocycles. The quantitative estimate of drug-likeness (QED) is 0.716. The number of benzene rings is 1. The molecule has 0 fully saturated rings. The molecule has 0 heterocycles. The van der Waals surface area contributed by atoms with E-state index < -0.39 is 6.10 Å². The molecule has 19 heavy (non-hydrogen) atoms. The van der Waals surface area contributed by atoms with Gasteiger partial charge in [0.1, 0.15) is 24.2 Å². The van der Waals surface area contributed by atoms with Gasteiger partial charge in [0.05, 0.1) is 19.2 Å². The molecule has 5 nitrogen and oxygen atoms in total. The van der Waals surface area contributed by atoms with Crippen molar-refractivity contribution in [1.82, 2.24) is 4.90 Å². The van der Waals surface area contributed by atoms with Crippen molar-refractivity contribution in [2.24, 2.45) is 0 Å². The summed E-state index contributed by atoms with van der Waals surface area (Å²) in [5.41, 5.74) is 0. The van der Waals surface area contributed by atoms with Crippen molar-refractivity contribution in [3.63, 3.8) is 0 Å². The van der Waals surface area contributed by atoms with Gasteiger partial charge in [0.15, 0.2) is 0 Å². The fraction of sp³-hybridized carbons (Fsp3) is 0.500. The maximum atomic E-state index is 9.75. The van der Waals surface area contributed by atoms with E-state index in [1.54, 1.807) is 24.1 Å². The van der Waals surface area contributed by atoms with Crippen LogP contribution in [0.4, 0.5) is 0 Å². The van der Waals surface area contributed by atoms with Crippen molar-refractivity contribution < 1.29 is 14.6 Å². The van der Waals surface area contributed by atoms with Gasteiger partial charge < -0.3 is 14.6 Å². The van der Waals surface area contributed by atoms with Gasteiger partial charge in [-0.3, -0.25) is 4.90 Å². The summed E-state index contributed by atoms with van der Waals surface area (Å²) in [6.07, 6.45) is -0.620. The largest absolute Gasteiger partial charge is 0.494 e. The molecule has 0 bridgehead atoms. The van der Waals surface area contributed by atoms with Crippen LogP contribution < -0.4 is 9.47 Å². The summed E-state index contributed by atoms with van der Waals surface area (Å²) >= 11 is 0. The number of aliphatic hydroxyl groups excluding tert-OH is 1.